The molecule has 1 saturated heterocycles. The van der Waals surface area contributed by atoms with Crippen LogP contribution in [0.5, 0.6) is 0 Å². The Bertz CT molecular complexity index is 949. The van der Waals surface area contributed by atoms with Gasteiger partial charge in [0.1, 0.15) is 12.4 Å². The number of hydrogen-bond acceptors (Lipinski definition) is 8. The zero-order valence-electron chi connectivity index (χ0n) is 15.2. The van der Waals surface area contributed by atoms with Crippen LogP contribution in [0, 0.1) is 0 Å². The van der Waals surface area contributed by atoms with Crippen LogP contribution in [-0.2, 0) is 20.0 Å². The summed E-state index contributed by atoms with van der Waals surface area (Å²) in [5.41, 5.74) is 0.924. The van der Waals surface area contributed by atoms with E-state index in [9.17, 15) is 8.78 Å². The molecule has 0 atom stereocenters. The molecular formula is C15H20F2N10. The molecule has 3 aromatic rings. The summed E-state index contributed by atoms with van der Waals surface area (Å²) in [4.78, 5) is 10.7. The van der Waals surface area contributed by atoms with Gasteiger partial charge in [0.25, 0.3) is 5.92 Å². The van der Waals surface area contributed by atoms with Gasteiger partial charge in [0.2, 0.25) is 0 Å². The number of alkyl halides is 2. The first-order valence-electron chi connectivity index (χ1n) is 8.91. The molecule has 0 spiro atoms. The summed E-state index contributed by atoms with van der Waals surface area (Å²) in [6, 6.07) is 0. The maximum Gasteiger partial charge on any atom is 0.266 e. The molecule has 0 bridgehead atoms. The van der Waals surface area contributed by atoms with Crippen LogP contribution < -0.4 is 4.90 Å². The van der Waals surface area contributed by atoms with Crippen LogP contribution >= 0.6 is 0 Å². The van der Waals surface area contributed by atoms with Crippen LogP contribution in [0.25, 0.3) is 11.2 Å². The van der Waals surface area contributed by atoms with Gasteiger partial charge < -0.3 is 4.90 Å². The van der Waals surface area contributed by atoms with Crippen molar-refractivity contribution in [2.24, 2.45) is 7.05 Å². The lowest BCUT2D eigenvalue weighted by molar-refractivity contribution is 0.0257. The first-order valence-corrected chi connectivity index (χ1v) is 8.91. The SMILES string of the molecule is CCCCc1nc(N2CCC(F)(F)C2)c2nnn(Cc3nnnn3C)c2n1. The summed E-state index contributed by atoms with van der Waals surface area (Å²) in [5, 5.41) is 19.7. The van der Waals surface area contributed by atoms with E-state index >= 15 is 0 Å². The predicted molar refractivity (Wildman–Crippen MR) is 91.4 cm³/mol. The molecule has 10 nitrogen and oxygen atoms in total. The fourth-order valence-electron chi connectivity index (χ4n) is 3.09. The van der Waals surface area contributed by atoms with Crippen molar-refractivity contribution in [3.8, 4) is 0 Å². The van der Waals surface area contributed by atoms with Gasteiger partial charge in [-0.2, -0.15) is 0 Å². The van der Waals surface area contributed by atoms with Crippen molar-refractivity contribution in [2.75, 3.05) is 18.0 Å². The fraction of sp³-hybridized carbons (Fsp3) is 0.667. The van der Waals surface area contributed by atoms with E-state index in [1.807, 2.05) is 0 Å². The number of hydrogen-bond donors (Lipinski definition) is 0. The van der Waals surface area contributed by atoms with Gasteiger partial charge in [-0.25, -0.2) is 28.1 Å². The Morgan fingerprint density at radius 3 is 2.67 bits per heavy atom. The van der Waals surface area contributed by atoms with E-state index in [1.54, 1.807) is 16.6 Å². The summed E-state index contributed by atoms with van der Waals surface area (Å²) in [7, 11) is 1.73. The second-order valence-corrected chi connectivity index (χ2v) is 6.73. The van der Waals surface area contributed by atoms with Crippen molar-refractivity contribution < 1.29 is 8.78 Å². The summed E-state index contributed by atoms with van der Waals surface area (Å²) in [5.74, 6) is -1.11. The molecule has 0 amide bonds. The minimum Gasteiger partial charge on any atom is -0.348 e. The van der Waals surface area contributed by atoms with E-state index in [4.69, 9.17) is 0 Å². The second kappa shape index (κ2) is 6.74. The molecule has 1 aliphatic rings. The summed E-state index contributed by atoms with van der Waals surface area (Å²) in [6.45, 7) is 2.21. The Morgan fingerprint density at radius 1 is 1.15 bits per heavy atom. The number of fused-ring (bicyclic) bond motifs is 1. The number of nitrogens with zero attached hydrogens (tertiary/aromatic N) is 10. The summed E-state index contributed by atoms with van der Waals surface area (Å²) in [6.07, 6.45) is 2.37. The molecule has 0 aliphatic carbocycles. The molecule has 4 rings (SSSR count). The third kappa shape index (κ3) is 3.43. The highest BCUT2D eigenvalue weighted by molar-refractivity contribution is 5.83. The molecule has 27 heavy (non-hydrogen) atoms. The maximum atomic E-state index is 13.7. The molecular weight excluding hydrogens is 358 g/mol. The minimum atomic E-state index is -2.72. The quantitative estimate of drug-likeness (QED) is 0.625. The lowest BCUT2D eigenvalue weighted by atomic mass is 10.2. The number of tetrazole rings is 1. The normalized spacial score (nSPS) is 16.5. The topological polar surface area (TPSA) is 103 Å². The smallest absolute Gasteiger partial charge is 0.266 e. The van der Waals surface area contributed by atoms with Crippen molar-refractivity contribution in [1.29, 1.82) is 0 Å². The lowest BCUT2D eigenvalue weighted by Gasteiger charge is -2.18. The Morgan fingerprint density at radius 2 is 2.00 bits per heavy atom. The highest BCUT2D eigenvalue weighted by Crippen LogP contribution is 2.32. The van der Waals surface area contributed by atoms with E-state index in [-0.39, 0.29) is 26.1 Å². The van der Waals surface area contributed by atoms with Crippen LogP contribution in [0.4, 0.5) is 14.6 Å². The van der Waals surface area contributed by atoms with Gasteiger partial charge in [0, 0.05) is 26.4 Å². The largest absolute Gasteiger partial charge is 0.348 e. The van der Waals surface area contributed by atoms with Crippen molar-refractivity contribution in [1.82, 2.24) is 45.2 Å². The molecule has 0 aromatic carbocycles. The number of halogens is 2. The molecule has 1 fully saturated rings. The van der Waals surface area contributed by atoms with E-state index in [0.29, 0.717) is 35.1 Å². The highest BCUT2D eigenvalue weighted by atomic mass is 19.3. The number of rotatable bonds is 6. The molecule has 144 valence electrons. The van der Waals surface area contributed by atoms with Gasteiger partial charge in [-0.3, -0.25) is 0 Å². The molecule has 0 unspecified atom stereocenters. The van der Waals surface area contributed by atoms with E-state index in [1.165, 1.54) is 4.68 Å². The second-order valence-electron chi connectivity index (χ2n) is 6.73. The Labute approximate surface area is 153 Å². The highest BCUT2D eigenvalue weighted by Gasteiger charge is 2.40. The van der Waals surface area contributed by atoms with Crippen molar-refractivity contribution >= 4 is 17.0 Å². The molecule has 0 radical (unpaired) electrons. The van der Waals surface area contributed by atoms with Crippen molar-refractivity contribution in [3.63, 3.8) is 0 Å². The standard InChI is InChI=1S/C15H20F2N10/c1-3-4-5-10-18-13(26-7-6-15(16,17)9-26)12-14(19-10)27(23-21-12)8-11-20-22-24-25(11)2/h3-9H2,1-2H3. The van der Waals surface area contributed by atoms with Gasteiger partial charge in [0.15, 0.2) is 22.8 Å². The Hall–Kier alpha value is -2.79. The van der Waals surface area contributed by atoms with E-state index in [0.717, 1.165) is 12.8 Å². The van der Waals surface area contributed by atoms with Crippen molar-refractivity contribution in [2.45, 2.75) is 45.1 Å². The number of anilines is 1. The van der Waals surface area contributed by atoms with Crippen LogP contribution in [0.2, 0.25) is 0 Å². The van der Waals surface area contributed by atoms with Gasteiger partial charge in [0.05, 0.1) is 6.54 Å². The van der Waals surface area contributed by atoms with Crippen LogP contribution in [0.15, 0.2) is 0 Å². The molecule has 3 aromatic heterocycles. The van der Waals surface area contributed by atoms with Crippen LogP contribution in [-0.4, -0.2) is 64.2 Å². The summed E-state index contributed by atoms with van der Waals surface area (Å²) < 4.78 is 30.6. The Balaban J connectivity index is 1.76. The summed E-state index contributed by atoms with van der Waals surface area (Å²) >= 11 is 0. The third-order valence-electron chi connectivity index (χ3n) is 4.61. The maximum absolute atomic E-state index is 13.7. The van der Waals surface area contributed by atoms with E-state index in [2.05, 4.69) is 42.7 Å². The van der Waals surface area contributed by atoms with E-state index < -0.39 is 5.92 Å². The molecule has 12 heteroatoms. The average Bonchev–Trinajstić information content (AvgIpc) is 3.33. The zero-order valence-corrected chi connectivity index (χ0v) is 15.2. The molecule has 0 N–H and O–H groups in total. The van der Waals surface area contributed by atoms with Crippen molar-refractivity contribution in [3.05, 3.63) is 11.6 Å². The first kappa shape index (κ1) is 17.6. The number of unbranched alkanes of at least 4 members (excludes halogenated alkanes) is 1. The fourth-order valence-corrected chi connectivity index (χ4v) is 3.09. The third-order valence-corrected chi connectivity index (χ3v) is 4.61. The van der Waals surface area contributed by atoms with Crippen LogP contribution in [0.1, 0.15) is 37.8 Å². The molecule has 0 saturated carbocycles. The van der Waals surface area contributed by atoms with Crippen LogP contribution in [0.3, 0.4) is 0 Å². The number of aromatic nitrogens is 9. The molecule has 4 heterocycles. The Kier molecular flexibility index (Phi) is 4.40. The zero-order chi connectivity index (χ0) is 19.0. The van der Waals surface area contributed by atoms with Gasteiger partial charge >= 0.3 is 0 Å². The minimum absolute atomic E-state index is 0.193. The average molecular weight is 378 g/mol. The van der Waals surface area contributed by atoms with Gasteiger partial charge in [-0.05, 0) is 16.8 Å². The molecule has 1 aliphatic heterocycles. The van der Waals surface area contributed by atoms with Gasteiger partial charge in [-0.1, -0.05) is 18.6 Å². The first-order chi connectivity index (χ1) is 13.0. The lowest BCUT2D eigenvalue weighted by Crippen LogP contribution is -2.26. The monoisotopic (exact) mass is 378 g/mol. The van der Waals surface area contributed by atoms with Gasteiger partial charge in [-0.15, -0.1) is 10.2 Å². The predicted octanol–water partition coefficient (Wildman–Crippen LogP) is 0.981. The number of aryl methyl sites for hydroxylation is 2.